The fourth-order valence-corrected chi connectivity index (χ4v) is 1.79. The van der Waals surface area contributed by atoms with Crippen LogP contribution in [0.4, 0.5) is 5.69 Å². The number of hydrogen-bond acceptors (Lipinski definition) is 4. The van der Waals surface area contributed by atoms with E-state index in [4.69, 9.17) is 14.4 Å². The summed E-state index contributed by atoms with van der Waals surface area (Å²) in [5.41, 5.74) is 0.594. The van der Waals surface area contributed by atoms with Gasteiger partial charge in [0.2, 0.25) is 0 Å². The molecule has 1 aromatic heterocycles. The smallest absolute Gasteiger partial charge is 0.266 e. The maximum absolute atomic E-state index is 12.1. The average molecular weight is 308 g/mol. The molecule has 2 rings (SSSR count). The van der Waals surface area contributed by atoms with E-state index in [1.54, 1.807) is 54.8 Å². The van der Waals surface area contributed by atoms with Crippen LogP contribution in [-0.4, -0.2) is 12.5 Å². The molecule has 0 unspecified atom stereocenters. The highest BCUT2D eigenvalue weighted by atomic mass is 16.5. The van der Waals surface area contributed by atoms with Crippen molar-refractivity contribution in [1.29, 1.82) is 5.26 Å². The SMILES string of the molecule is CCOc1ccc(NC(=O)/C(C#N)=C/C=C\c2ccco2)cc1. The van der Waals surface area contributed by atoms with Crippen molar-refractivity contribution in [3.05, 3.63) is 66.1 Å². The minimum absolute atomic E-state index is 0.00157. The highest BCUT2D eigenvalue weighted by Crippen LogP contribution is 2.16. The van der Waals surface area contributed by atoms with Crippen LogP contribution >= 0.6 is 0 Å². The summed E-state index contributed by atoms with van der Waals surface area (Å²) < 4.78 is 10.5. The first-order chi connectivity index (χ1) is 11.2. The fourth-order valence-electron chi connectivity index (χ4n) is 1.79. The molecule has 0 aliphatic carbocycles. The second-order valence-corrected chi connectivity index (χ2v) is 4.48. The first-order valence-electron chi connectivity index (χ1n) is 7.09. The monoisotopic (exact) mass is 308 g/mol. The summed E-state index contributed by atoms with van der Waals surface area (Å²) in [5, 5.41) is 11.8. The number of nitrogens with zero attached hydrogens (tertiary/aromatic N) is 1. The summed E-state index contributed by atoms with van der Waals surface area (Å²) in [5.74, 6) is 0.897. The lowest BCUT2D eigenvalue weighted by molar-refractivity contribution is -0.112. The first-order valence-corrected chi connectivity index (χ1v) is 7.09. The molecule has 1 amide bonds. The molecule has 0 fully saturated rings. The highest BCUT2D eigenvalue weighted by Gasteiger charge is 2.08. The number of amides is 1. The number of nitriles is 1. The normalized spacial score (nSPS) is 11.2. The summed E-state index contributed by atoms with van der Waals surface area (Å²) in [7, 11) is 0. The number of allylic oxidation sites excluding steroid dienone is 2. The molecule has 2 aromatic rings. The molecular weight excluding hydrogens is 292 g/mol. The van der Waals surface area contributed by atoms with Crippen molar-refractivity contribution >= 4 is 17.7 Å². The Hall–Kier alpha value is -3.26. The second-order valence-electron chi connectivity index (χ2n) is 4.48. The van der Waals surface area contributed by atoms with Crippen LogP contribution in [0.25, 0.3) is 6.08 Å². The molecule has 0 atom stereocenters. The van der Waals surface area contributed by atoms with E-state index in [1.165, 1.54) is 6.08 Å². The zero-order valence-electron chi connectivity index (χ0n) is 12.7. The molecule has 0 bridgehead atoms. The number of hydrogen-bond donors (Lipinski definition) is 1. The third-order valence-corrected chi connectivity index (χ3v) is 2.85. The molecule has 0 radical (unpaired) electrons. The molecule has 116 valence electrons. The molecule has 1 aromatic carbocycles. The quantitative estimate of drug-likeness (QED) is 0.500. The Morgan fingerprint density at radius 2 is 2.13 bits per heavy atom. The van der Waals surface area contributed by atoms with E-state index in [-0.39, 0.29) is 5.57 Å². The van der Waals surface area contributed by atoms with E-state index >= 15 is 0 Å². The van der Waals surface area contributed by atoms with Crippen molar-refractivity contribution in [3.63, 3.8) is 0 Å². The number of furan rings is 1. The van der Waals surface area contributed by atoms with Crippen molar-refractivity contribution in [2.24, 2.45) is 0 Å². The largest absolute Gasteiger partial charge is 0.494 e. The lowest BCUT2D eigenvalue weighted by Gasteiger charge is -2.06. The summed E-state index contributed by atoms with van der Waals surface area (Å²) in [6.07, 6.45) is 6.25. The number of ether oxygens (including phenoxy) is 1. The molecule has 5 nitrogen and oxygen atoms in total. The number of carbonyl (C=O) groups is 1. The summed E-state index contributed by atoms with van der Waals surface area (Å²) in [6, 6.07) is 12.4. The van der Waals surface area contributed by atoms with E-state index in [2.05, 4.69) is 5.32 Å². The van der Waals surface area contributed by atoms with Gasteiger partial charge in [-0.1, -0.05) is 6.08 Å². The van der Waals surface area contributed by atoms with Crippen molar-refractivity contribution in [3.8, 4) is 11.8 Å². The Morgan fingerprint density at radius 3 is 2.74 bits per heavy atom. The third-order valence-electron chi connectivity index (χ3n) is 2.85. The Morgan fingerprint density at radius 1 is 1.35 bits per heavy atom. The number of benzene rings is 1. The topological polar surface area (TPSA) is 75.3 Å². The van der Waals surface area contributed by atoms with Gasteiger partial charge < -0.3 is 14.5 Å². The Bertz CT molecular complexity index is 736. The first kappa shape index (κ1) is 16.1. The van der Waals surface area contributed by atoms with E-state index in [9.17, 15) is 4.79 Å². The molecular formula is C18H16N2O3. The van der Waals surface area contributed by atoms with Crippen molar-refractivity contribution in [2.75, 3.05) is 11.9 Å². The van der Waals surface area contributed by atoms with Gasteiger partial charge in [-0.3, -0.25) is 4.79 Å². The van der Waals surface area contributed by atoms with Crippen LogP contribution in [0.15, 0.2) is 64.8 Å². The van der Waals surface area contributed by atoms with Crippen molar-refractivity contribution in [1.82, 2.24) is 0 Å². The Labute approximate surface area is 134 Å². The molecule has 0 saturated carbocycles. The third kappa shape index (κ3) is 4.90. The van der Waals surface area contributed by atoms with E-state index in [1.807, 2.05) is 13.0 Å². The van der Waals surface area contributed by atoms with E-state index in [0.717, 1.165) is 5.75 Å². The van der Waals surface area contributed by atoms with Gasteiger partial charge in [0.25, 0.3) is 5.91 Å². The second kappa shape index (κ2) is 8.25. The standard InChI is InChI=1S/C18H16N2O3/c1-2-22-17-10-8-15(9-11-17)20-18(21)14(13-19)5-3-6-16-7-4-12-23-16/h3-12H,2H2,1H3,(H,20,21)/b6-3-,14-5+. The number of nitrogens with one attached hydrogen (secondary N) is 1. The molecule has 0 aliphatic heterocycles. The van der Waals surface area contributed by atoms with Crippen LogP contribution in [-0.2, 0) is 4.79 Å². The Balaban J connectivity index is 2.00. The van der Waals surface area contributed by atoms with Gasteiger partial charge in [0.15, 0.2) is 0 Å². The maximum Gasteiger partial charge on any atom is 0.266 e. The van der Waals surface area contributed by atoms with Crippen LogP contribution in [0, 0.1) is 11.3 Å². The molecule has 1 heterocycles. The van der Waals surface area contributed by atoms with Crippen LogP contribution in [0.3, 0.4) is 0 Å². The van der Waals surface area contributed by atoms with Gasteiger partial charge in [-0.05, 0) is 55.5 Å². The zero-order chi connectivity index (χ0) is 16.5. The van der Waals surface area contributed by atoms with Crippen molar-refractivity contribution in [2.45, 2.75) is 6.92 Å². The van der Waals surface area contributed by atoms with Crippen molar-refractivity contribution < 1.29 is 13.9 Å². The predicted molar refractivity (Wildman–Crippen MR) is 87.7 cm³/mol. The fraction of sp³-hybridized carbons (Fsp3) is 0.111. The molecule has 5 heteroatoms. The summed E-state index contributed by atoms with van der Waals surface area (Å²) >= 11 is 0. The predicted octanol–water partition coefficient (Wildman–Crippen LogP) is 3.78. The molecule has 0 spiro atoms. The van der Waals surface area contributed by atoms with E-state index in [0.29, 0.717) is 18.1 Å². The van der Waals surface area contributed by atoms with Gasteiger partial charge in [0.1, 0.15) is 23.2 Å². The van der Waals surface area contributed by atoms with Gasteiger partial charge in [-0.2, -0.15) is 5.26 Å². The summed E-state index contributed by atoms with van der Waals surface area (Å²) in [6.45, 7) is 2.48. The number of rotatable bonds is 6. The molecule has 1 N–H and O–H groups in total. The van der Waals surface area contributed by atoms with Crippen LogP contribution in [0.2, 0.25) is 0 Å². The number of anilines is 1. The Kier molecular flexibility index (Phi) is 5.78. The highest BCUT2D eigenvalue weighted by molar-refractivity contribution is 6.06. The van der Waals surface area contributed by atoms with Gasteiger partial charge in [-0.15, -0.1) is 0 Å². The van der Waals surface area contributed by atoms with Crippen LogP contribution < -0.4 is 10.1 Å². The van der Waals surface area contributed by atoms with E-state index < -0.39 is 5.91 Å². The minimum atomic E-state index is -0.472. The minimum Gasteiger partial charge on any atom is -0.494 e. The van der Waals surface area contributed by atoms with Crippen LogP contribution in [0.5, 0.6) is 5.75 Å². The molecule has 0 saturated heterocycles. The van der Waals surface area contributed by atoms with Gasteiger partial charge >= 0.3 is 0 Å². The lowest BCUT2D eigenvalue weighted by Crippen LogP contribution is -2.13. The number of carbonyl (C=O) groups excluding carboxylic acids is 1. The molecule has 23 heavy (non-hydrogen) atoms. The maximum atomic E-state index is 12.1. The van der Waals surface area contributed by atoms with Gasteiger partial charge in [0, 0.05) is 5.69 Å². The zero-order valence-corrected chi connectivity index (χ0v) is 12.7. The van der Waals surface area contributed by atoms with Crippen LogP contribution in [0.1, 0.15) is 12.7 Å². The lowest BCUT2D eigenvalue weighted by atomic mass is 10.2. The van der Waals surface area contributed by atoms with Gasteiger partial charge in [0.05, 0.1) is 12.9 Å². The summed E-state index contributed by atoms with van der Waals surface area (Å²) in [4.78, 5) is 12.1. The van der Waals surface area contributed by atoms with Gasteiger partial charge in [-0.25, -0.2) is 0 Å². The average Bonchev–Trinajstić information content (AvgIpc) is 3.07. The molecule has 0 aliphatic rings.